The Labute approximate surface area is 178 Å². The summed E-state index contributed by atoms with van der Waals surface area (Å²) < 4.78 is 0. The van der Waals surface area contributed by atoms with Gasteiger partial charge in [0.15, 0.2) is 0 Å². The number of rotatable bonds is 5. The van der Waals surface area contributed by atoms with E-state index in [0.717, 1.165) is 44.6 Å². The fraction of sp³-hybridized carbons (Fsp3) is 0.440. The summed E-state index contributed by atoms with van der Waals surface area (Å²) in [5.41, 5.74) is 3.84. The Morgan fingerprint density at radius 1 is 0.900 bits per heavy atom. The van der Waals surface area contributed by atoms with Crippen molar-refractivity contribution in [1.29, 1.82) is 0 Å². The number of carbonyl (C=O) groups excluding carboxylic acids is 2. The monoisotopic (exact) mass is 403 g/mol. The molecular formula is C25H29N3O2. The van der Waals surface area contributed by atoms with E-state index in [1.807, 2.05) is 30.3 Å². The third-order valence-electron chi connectivity index (χ3n) is 6.92. The van der Waals surface area contributed by atoms with Gasteiger partial charge in [0.1, 0.15) is 0 Å². The van der Waals surface area contributed by atoms with Gasteiger partial charge < -0.3 is 4.90 Å². The minimum Gasteiger partial charge on any atom is -0.366 e. The van der Waals surface area contributed by atoms with Crippen LogP contribution in [-0.4, -0.2) is 60.4 Å². The number of fused-ring (bicyclic) bond motifs is 3. The lowest BCUT2D eigenvalue weighted by Gasteiger charge is -2.46. The van der Waals surface area contributed by atoms with Gasteiger partial charge in [-0.2, -0.15) is 0 Å². The quantitative estimate of drug-likeness (QED) is 0.720. The van der Waals surface area contributed by atoms with Crippen LogP contribution in [0.5, 0.6) is 0 Å². The molecule has 3 heterocycles. The van der Waals surface area contributed by atoms with Crippen LogP contribution in [0.2, 0.25) is 0 Å². The van der Waals surface area contributed by atoms with E-state index in [1.165, 1.54) is 22.6 Å². The maximum absolute atomic E-state index is 12.8. The standard InChI is InChI=1S/C25H29N3O2/c29-24-17-22(19-7-2-1-3-8-19)25(30)28(24)14-6-13-26-15-16-27-21(18-26)12-11-20-9-4-5-10-23(20)27/h1-5,7-10,21-22H,6,11-18H2. The van der Waals surface area contributed by atoms with Crippen LogP contribution in [0.1, 0.15) is 36.3 Å². The SMILES string of the molecule is O=C1CC(c2ccccc2)C(=O)N1CCCN1CCN2c3ccccc3CCC2C1. The highest BCUT2D eigenvalue weighted by atomic mass is 16.2. The summed E-state index contributed by atoms with van der Waals surface area (Å²) in [5, 5.41) is 0. The normalized spacial score (nSPS) is 24.1. The van der Waals surface area contributed by atoms with Gasteiger partial charge in [0.05, 0.1) is 5.92 Å². The molecule has 5 rings (SSSR count). The third kappa shape index (κ3) is 3.63. The molecule has 156 valence electrons. The second kappa shape index (κ2) is 8.23. The molecule has 2 aromatic carbocycles. The molecule has 2 atom stereocenters. The Bertz CT molecular complexity index is 929. The van der Waals surface area contributed by atoms with E-state index in [4.69, 9.17) is 0 Å². The molecule has 2 unspecified atom stereocenters. The van der Waals surface area contributed by atoms with Gasteiger partial charge in [-0.3, -0.25) is 19.4 Å². The summed E-state index contributed by atoms with van der Waals surface area (Å²) >= 11 is 0. The number of hydrogen-bond donors (Lipinski definition) is 0. The molecule has 30 heavy (non-hydrogen) atoms. The fourth-order valence-electron chi connectivity index (χ4n) is 5.33. The molecule has 2 fully saturated rings. The Morgan fingerprint density at radius 2 is 1.70 bits per heavy atom. The smallest absolute Gasteiger partial charge is 0.237 e. The van der Waals surface area contributed by atoms with Gasteiger partial charge in [0.2, 0.25) is 11.8 Å². The van der Waals surface area contributed by atoms with E-state index in [-0.39, 0.29) is 17.7 Å². The number of nitrogens with zero attached hydrogens (tertiary/aromatic N) is 3. The maximum Gasteiger partial charge on any atom is 0.237 e. The first kappa shape index (κ1) is 19.3. The van der Waals surface area contributed by atoms with Crippen LogP contribution in [-0.2, 0) is 16.0 Å². The van der Waals surface area contributed by atoms with E-state index in [1.54, 1.807) is 0 Å². The van der Waals surface area contributed by atoms with Crippen molar-refractivity contribution in [1.82, 2.24) is 9.80 Å². The summed E-state index contributed by atoms with van der Waals surface area (Å²) in [7, 11) is 0. The van der Waals surface area contributed by atoms with Crippen LogP contribution in [0.3, 0.4) is 0 Å². The molecule has 2 aromatic rings. The van der Waals surface area contributed by atoms with Crippen LogP contribution in [0.15, 0.2) is 54.6 Å². The average molecular weight is 404 g/mol. The molecule has 3 aliphatic rings. The lowest BCUT2D eigenvalue weighted by molar-refractivity contribution is -0.138. The zero-order valence-corrected chi connectivity index (χ0v) is 17.4. The molecule has 0 N–H and O–H groups in total. The van der Waals surface area contributed by atoms with Crippen LogP contribution in [0, 0.1) is 0 Å². The molecule has 2 saturated heterocycles. The van der Waals surface area contributed by atoms with Crippen LogP contribution < -0.4 is 4.90 Å². The predicted molar refractivity (Wildman–Crippen MR) is 117 cm³/mol. The van der Waals surface area contributed by atoms with Gasteiger partial charge >= 0.3 is 0 Å². The molecule has 0 spiro atoms. The van der Waals surface area contributed by atoms with Crippen LogP contribution in [0.4, 0.5) is 5.69 Å². The second-order valence-electron chi connectivity index (χ2n) is 8.72. The molecular weight excluding hydrogens is 374 g/mol. The Morgan fingerprint density at radius 3 is 2.57 bits per heavy atom. The van der Waals surface area contributed by atoms with Gasteiger partial charge in [-0.05, 0) is 43.0 Å². The summed E-state index contributed by atoms with van der Waals surface area (Å²) in [5.74, 6) is -0.355. The van der Waals surface area contributed by atoms with Crippen LogP contribution in [0.25, 0.3) is 0 Å². The van der Waals surface area contributed by atoms with Crippen LogP contribution >= 0.6 is 0 Å². The molecule has 0 radical (unpaired) electrons. The number of anilines is 1. The molecule has 0 saturated carbocycles. The highest BCUT2D eigenvalue weighted by Crippen LogP contribution is 2.33. The van der Waals surface area contributed by atoms with Gasteiger partial charge in [-0.25, -0.2) is 0 Å². The summed E-state index contributed by atoms with van der Waals surface area (Å²) in [6.07, 6.45) is 3.52. The van der Waals surface area contributed by atoms with Crippen molar-refractivity contribution in [2.75, 3.05) is 37.6 Å². The van der Waals surface area contributed by atoms with Crippen molar-refractivity contribution >= 4 is 17.5 Å². The number of para-hydroxylation sites is 1. The molecule has 0 aliphatic carbocycles. The van der Waals surface area contributed by atoms with Crippen molar-refractivity contribution in [3.8, 4) is 0 Å². The number of imide groups is 1. The first-order valence-electron chi connectivity index (χ1n) is 11.2. The van der Waals surface area contributed by atoms with Crippen molar-refractivity contribution in [3.63, 3.8) is 0 Å². The van der Waals surface area contributed by atoms with E-state index in [2.05, 4.69) is 34.1 Å². The number of hydrogen-bond acceptors (Lipinski definition) is 4. The van der Waals surface area contributed by atoms with Crippen molar-refractivity contribution in [2.24, 2.45) is 0 Å². The minimum absolute atomic E-state index is 0.0254. The first-order valence-corrected chi connectivity index (χ1v) is 11.2. The van der Waals surface area contributed by atoms with E-state index in [9.17, 15) is 9.59 Å². The summed E-state index contributed by atoms with van der Waals surface area (Å²) in [4.78, 5) is 31.8. The number of likely N-dealkylation sites (tertiary alicyclic amines) is 1. The van der Waals surface area contributed by atoms with E-state index in [0.29, 0.717) is 19.0 Å². The van der Waals surface area contributed by atoms with Gasteiger partial charge in [0.25, 0.3) is 0 Å². The molecule has 3 aliphatic heterocycles. The minimum atomic E-state index is -0.301. The topological polar surface area (TPSA) is 43.9 Å². The fourth-order valence-corrected chi connectivity index (χ4v) is 5.33. The Balaban J connectivity index is 1.14. The summed E-state index contributed by atoms with van der Waals surface area (Å²) in [6.45, 7) is 4.65. The third-order valence-corrected chi connectivity index (χ3v) is 6.92. The van der Waals surface area contributed by atoms with E-state index >= 15 is 0 Å². The predicted octanol–water partition coefficient (Wildman–Crippen LogP) is 3.06. The largest absolute Gasteiger partial charge is 0.366 e. The average Bonchev–Trinajstić information content (AvgIpc) is 3.08. The zero-order valence-electron chi connectivity index (χ0n) is 17.4. The molecule has 2 amide bonds. The number of aryl methyl sites for hydroxylation is 1. The zero-order chi connectivity index (χ0) is 20.5. The number of amides is 2. The highest BCUT2D eigenvalue weighted by molar-refractivity contribution is 6.06. The van der Waals surface area contributed by atoms with Crippen molar-refractivity contribution in [3.05, 3.63) is 65.7 Å². The van der Waals surface area contributed by atoms with Gasteiger partial charge in [-0.1, -0.05) is 48.5 Å². The van der Waals surface area contributed by atoms with Crippen molar-refractivity contribution < 1.29 is 9.59 Å². The lowest BCUT2D eigenvalue weighted by atomic mass is 9.94. The molecule has 0 bridgehead atoms. The number of carbonyl (C=O) groups is 2. The molecule has 5 heteroatoms. The lowest BCUT2D eigenvalue weighted by Crippen LogP contribution is -2.55. The summed E-state index contributed by atoms with van der Waals surface area (Å²) in [6, 6.07) is 19.0. The highest BCUT2D eigenvalue weighted by Gasteiger charge is 2.39. The maximum atomic E-state index is 12.8. The van der Waals surface area contributed by atoms with Crippen molar-refractivity contribution in [2.45, 2.75) is 37.6 Å². The Kier molecular flexibility index (Phi) is 5.30. The number of piperazine rings is 1. The molecule has 0 aromatic heterocycles. The van der Waals surface area contributed by atoms with E-state index < -0.39 is 0 Å². The van der Waals surface area contributed by atoms with Gasteiger partial charge in [-0.15, -0.1) is 0 Å². The van der Waals surface area contributed by atoms with Gasteiger partial charge in [0, 0.05) is 44.3 Å². The first-order chi connectivity index (χ1) is 14.7. The molecule has 5 nitrogen and oxygen atoms in total. The number of benzene rings is 2. The second-order valence-corrected chi connectivity index (χ2v) is 8.72. The Hall–Kier alpha value is -2.66.